The highest BCUT2D eigenvalue weighted by Gasteiger charge is 2.47. The number of nitrogens with zero attached hydrogens (tertiary/aromatic N) is 1. The van der Waals surface area contributed by atoms with Crippen molar-refractivity contribution < 1.29 is 31.5 Å². The highest BCUT2D eigenvalue weighted by molar-refractivity contribution is 7.80. The van der Waals surface area contributed by atoms with Crippen LogP contribution in [0.3, 0.4) is 0 Å². The van der Waals surface area contributed by atoms with Gasteiger partial charge in [0.05, 0.1) is 32.5 Å². The number of carbonyl (C=O) groups excluding carboxylic acids is 2. The minimum atomic E-state index is -5.23. The summed E-state index contributed by atoms with van der Waals surface area (Å²) in [5, 5.41) is 3.51. The molecule has 1 aliphatic carbocycles. The Morgan fingerprint density at radius 2 is 1.88 bits per heavy atom. The lowest BCUT2D eigenvalue weighted by Gasteiger charge is -2.23. The van der Waals surface area contributed by atoms with Gasteiger partial charge in [0.25, 0.3) is 11.8 Å². The molecule has 2 amide bonds. The first-order chi connectivity index (χ1) is 18.6. The monoisotopic (exact) mass is 642 g/mol. The van der Waals surface area contributed by atoms with Crippen LogP contribution in [0, 0.1) is 0 Å². The molecular weight excluding hydrogens is 622 g/mol. The van der Waals surface area contributed by atoms with E-state index in [1.807, 2.05) is 0 Å². The van der Waals surface area contributed by atoms with Gasteiger partial charge in [0.2, 0.25) is 0 Å². The molecule has 2 aromatic rings. The van der Waals surface area contributed by atoms with E-state index in [1.165, 1.54) is 22.8 Å². The number of benzene rings is 1. The molecular formula is C25H22Cl3F5N4O2S. The van der Waals surface area contributed by atoms with Crippen molar-refractivity contribution in [1.29, 1.82) is 0 Å². The molecule has 4 N–H and O–H groups in total. The van der Waals surface area contributed by atoms with Gasteiger partial charge in [-0.25, -0.2) is 8.78 Å². The molecule has 6 nitrogen and oxygen atoms in total. The minimum absolute atomic E-state index is 0.0124. The van der Waals surface area contributed by atoms with Crippen molar-refractivity contribution in [2.45, 2.75) is 44.1 Å². The average Bonchev–Trinajstić information content (AvgIpc) is 3.59. The molecule has 40 heavy (non-hydrogen) atoms. The lowest BCUT2D eigenvalue weighted by atomic mass is 10.0. The van der Waals surface area contributed by atoms with E-state index in [0.717, 1.165) is 0 Å². The van der Waals surface area contributed by atoms with Crippen LogP contribution in [0.4, 0.5) is 22.0 Å². The van der Waals surface area contributed by atoms with Gasteiger partial charge in [-0.05, 0) is 38.0 Å². The minimum Gasteiger partial charge on any atom is -0.391 e. The molecule has 3 rings (SSSR count). The number of nitrogens with one attached hydrogen (secondary N) is 2. The summed E-state index contributed by atoms with van der Waals surface area (Å²) in [5.74, 6) is -5.91. The molecule has 1 aromatic heterocycles. The Morgan fingerprint density at radius 1 is 1.25 bits per heavy atom. The van der Waals surface area contributed by atoms with E-state index in [1.54, 1.807) is 12.2 Å². The van der Waals surface area contributed by atoms with Crippen LogP contribution in [0.15, 0.2) is 53.1 Å². The van der Waals surface area contributed by atoms with Gasteiger partial charge in [-0.2, -0.15) is 13.2 Å². The molecule has 0 saturated heterocycles. The average molecular weight is 644 g/mol. The molecule has 1 atom stereocenters. The van der Waals surface area contributed by atoms with Crippen LogP contribution in [0.1, 0.15) is 40.6 Å². The maximum Gasteiger partial charge on any atom is 0.412 e. The van der Waals surface area contributed by atoms with E-state index in [4.69, 9.17) is 52.8 Å². The molecule has 0 bridgehead atoms. The summed E-state index contributed by atoms with van der Waals surface area (Å²) in [6, 6.07) is 1.07. The molecule has 1 heterocycles. The van der Waals surface area contributed by atoms with Gasteiger partial charge < -0.3 is 20.9 Å². The molecule has 216 valence electrons. The van der Waals surface area contributed by atoms with Gasteiger partial charge in [-0.1, -0.05) is 48.1 Å². The number of nitrogens with two attached hydrogens (primary N) is 1. The van der Waals surface area contributed by atoms with Crippen LogP contribution < -0.4 is 16.4 Å². The Hall–Kier alpha value is -2.67. The van der Waals surface area contributed by atoms with E-state index < -0.39 is 57.7 Å². The molecule has 0 radical (unpaired) electrons. The Kier molecular flexibility index (Phi) is 9.60. The SMILES string of the molecule is C=C/C(=C(F)\C(Cl)=C(\F)CCl)C(NC(=O)c1cc2cc(C(=O)NC3(C(N)=S)CC3)c(Cl)cc2n1CC)C(F)(F)F. The van der Waals surface area contributed by atoms with Gasteiger partial charge >= 0.3 is 6.18 Å². The van der Waals surface area contributed by atoms with Crippen LogP contribution in [-0.2, 0) is 6.54 Å². The second-order valence-corrected chi connectivity index (χ2v) is 10.3. The number of alkyl halides is 4. The number of amides is 2. The van der Waals surface area contributed by atoms with Crippen LogP contribution in [0.5, 0.6) is 0 Å². The van der Waals surface area contributed by atoms with E-state index >= 15 is 0 Å². The summed E-state index contributed by atoms with van der Waals surface area (Å²) in [4.78, 5) is 26.2. The Labute approximate surface area is 246 Å². The van der Waals surface area contributed by atoms with Crippen LogP contribution in [0.25, 0.3) is 10.9 Å². The number of halogens is 8. The van der Waals surface area contributed by atoms with Crippen LogP contribution in [0.2, 0.25) is 5.02 Å². The zero-order chi connectivity index (χ0) is 30.2. The highest BCUT2D eigenvalue weighted by Crippen LogP contribution is 2.37. The number of rotatable bonds is 10. The summed E-state index contributed by atoms with van der Waals surface area (Å²) in [5.41, 5.74) is 3.80. The summed E-state index contributed by atoms with van der Waals surface area (Å²) in [7, 11) is 0. The normalized spacial score (nSPS) is 16.5. The third-order valence-electron chi connectivity index (χ3n) is 6.29. The van der Waals surface area contributed by atoms with Crippen molar-refractivity contribution in [3.63, 3.8) is 0 Å². The lowest BCUT2D eigenvalue weighted by Crippen LogP contribution is -2.47. The molecule has 1 aliphatic rings. The number of allylic oxidation sites excluding steroid dienone is 3. The number of aromatic nitrogens is 1. The zero-order valence-corrected chi connectivity index (χ0v) is 23.8. The second-order valence-electron chi connectivity index (χ2n) is 8.84. The van der Waals surface area contributed by atoms with E-state index in [9.17, 15) is 31.5 Å². The van der Waals surface area contributed by atoms with E-state index in [0.29, 0.717) is 29.8 Å². The fourth-order valence-electron chi connectivity index (χ4n) is 4.01. The van der Waals surface area contributed by atoms with Gasteiger partial charge in [0.15, 0.2) is 6.04 Å². The third kappa shape index (κ3) is 6.29. The van der Waals surface area contributed by atoms with Crippen molar-refractivity contribution in [3.8, 4) is 0 Å². The topological polar surface area (TPSA) is 89.2 Å². The number of aryl methyl sites for hydroxylation is 1. The molecule has 1 aromatic carbocycles. The molecule has 0 spiro atoms. The largest absolute Gasteiger partial charge is 0.412 e. The summed E-state index contributed by atoms with van der Waals surface area (Å²) >= 11 is 22.1. The van der Waals surface area contributed by atoms with Crippen molar-refractivity contribution in [2.24, 2.45) is 5.73 Å². The molecule has 1 saturated carbocycles. The first-order valence-electron chi connectivity index (χ1n) is 11.6. The van der Waals surface area contributed by atoms with Crippen LogP contribution >= 0.6 is 47.0 Å². The standard InChI is InChI=1S/C25H22Cl3F5N4O2S/c1-3-12(19(30)18(28)15(29)10-26)20(25(31,32)33)35-22(39)17-8-11-7-13(14(27)9-16(11)37(17)4-2)21(38)36-24(5-6-24)23(34)40/h3,7-9,20H,1,4-6,10H2,2H3,(H2,34,40)(H,35,39)(H,36,38)/b18-15-,19-12-. The van der Waals surface area contributed by atoms with Crippen molar-refractivity contribution in [2.75, 3.05) is 5.88 Å². The van der Waals surface area contributed by atoms with Gasteiger partial charge in [-0.15, -0.1) is 11.6 Å². The summed E-state index contributed by atoms with van der Waals surface area (Å²) in [6.45, 7) is 4.89. The number of carbonyl (C=O) groups is 2. The molecule has 1 fully saturated rings. The summed E-state index contributed by atoms with van der Waals surface area (Å²) in [6.07, 6.45) is -3.64. The fourth-order valence-corrected chi connectivity index (χ4v) is 4.89. The molecule has 15 heteroatoms. The van der Waals surface area contributed by atoms with Crippen LogP contribution in [-0.4, -0.2) is 45.0 Å². The number of fused-ring (bicyclic) bond motifs is 1. The predicted octanol–water partition coefficient (Wildman–Crippen LogP) is 6.59. The quantitative estimate of drug-likeness (QED) is 0.118. The van der Waals surface area contributed by atoms with Gasteiger partial charge in [0, 0.05) is 17.5 Å². The van der Waals surface area contributed by atoms with E-state index in [-0.39, 0.29) is 27.8 Å². The summed E-state index contributed by atoms with van der Waals surface area (Å²) < 4.78 is 71.8. The molecule has 1 unspecified atom stereocenters. The maximum atomic E-state index is 14.8. The predicted molar refractivity (Wildman–Crippen MR) is 149 cm³/mol. The Bertz CT molecular complexity index is 1460. The van der Waals surface area contributed by atoms with Gasteiger partial charge in [-0.3, -0.25) is 9.59 Å². The van der Waals surface area contributed by atoms with Crippen molar-refractivity contribution in [3.05, 3.63) is 69.4 Å². The fraction of sp³-hybridized carbons (Fsp3) is 0.320. The lowest BCUT2D eigenvalue weighted by molar-refractivity contribution is -0.144. The van der Waals surface area contributed by atoms with E-state index in [2.05, 4.69) is 11.9 Å². The zero-order valence-electron chi connectivity index (χ0n) is 20.7. The maximum absolute atomic E-state index is 14.8. The number of hydrogen-bond donors (Lipinski definition) is 3. The molecule has 0 aliphatic heterocycles. The van der Waals surface area contributed by atoms with Crippen molar-refractivity contribution >= 4 is 74.7 Å². The van der Waals surface area contributed by atoms with Crippen molar-refractivity contribution in [1.82, 2.24) is 15.2 Å². The second kappa shape index (κ2) is 12.1. The Balaban J connectivity index is 2.04. The number of thiocarbonyl (C=S) groups is 1. The highest BCUT2D eigenvalue weighted by atomic mass is 35.5. The van der Waals surface area contributed by atoms with Gasteiger partial charge in [0.1, 0.15) is 22.4 Å². The Morgan fingerprint density at radius 3 is 2.35 bits per heavy atom. The number of hydrogen-bond acceptors (Lipinski definition) is 3. The first-order valence-corrected chi connectivity index (χ1v) is 13.3. The first kappa shape index (κ1) is 31.9. The smallest absolute Gasteiger partial charge is 0.391 e. The third-order valence-corrected chi connectivity index (χ3v) is 7.60.